The number of nitrogens with one attached hydrogen (secondary N) is 1. The Hall–Kier alpha value is -1.20. The summed E-state index contributed by atoms with van der Waals surface area (Å²) in [6, 6.07) is 0. The van der Waals surface area contributed by atoms with E-state index in [1.54, 1.807) is 17.7 Å². The molecule has 0 amide bonds. The van der Waals surface area contributed by atoms with E-state index in [9.17, 15) is 0 Å². The predicted octanol–water partition coefficient (Wildman–Crippen LogP) is 2.74. The summed E-state index contributed by atoms with van der Waals surface area (Å²) in [5.41, 5.74) is 1.34. The van der Waals surface area contributed by atoms with Crippen LogP contribution in [-0.4, -0.2) is 36.6 Å². The first-order valence-corrected chi connectivity index (χ1v) is 8.12. The molecule has 1 aliphatic heterocycles. The summed E-state index contributed by atoms with van der Waals surface area (Å²) in [5, 5.41) is 4.57. The van der Waals surface area contributed by atoms with Crippen LogP contribution in [0.3, 0.4) is 0 Å². The zero-order chi connectivity index (χ0) is 14.1. The third kappa shape index (κ3) is 2.40. The Balaban J connectivity index is 1.97. The van der Waals surface area contributed by atoms with E-state index in [2.05, 4.69) is 34.0 Å². The quantitative estimate of drug-likeness (QED) is 0.943. The van der Waals surface area contributed by atoms with Crippen LogP contribution < -0.4 is 10.2 Å². The van der Waals surface area contributed by atoms with E-state index in [1.165, 1.54) is 28.7 Å². The minimum absolute atomic E-state index is 0.721. The van der Waals surface area contributed by atoms with Gasteiger partial charge in [-0.15, -0.1) is 11.3 Å². The van der Waals surface area contributed by atoms with E-state index in [-0.39, 0.29) is 0 Å². The Labute approximate surface area is 124 Å². The Morgan fingerprint density at radius 3 is 3.05 bits per heavy atom. The molecule has 0 bridgehead atoms. The first kappa shape index (κ1) is 13.8. The molecule has 1 fully saturated rings. The van der Waals surface area contributed by atoms with E-state index < -0.39 is 0 Å². The summed E-state index contributed by atoms with van der Waals surface area (Å²) in [6.07, 6.45) is 4.28. The highest BCUT2D eigenvalue weighted by Crippen LogP contribution is 2.35. The number of fused-ring (bicyclic) bond motifs is 1. The second-order valence-electron chi connectivity index (χ2n) is 5.67. The number of rotatable bonds is 3. The standard InChI is InChI=1S/C15H22N4S/c1-10-11(2)20-15-13(10)14(17-9-18-15)19-6-4-5-12(8-19)7-16-3/h9,12,16H,4-8H2,1-3H3. The summed E-state index contributed by atoms with van der Waals surface area (Å²) in [4.78, 5) is 14.0. The zero-order valence-corrected chi connectivity index (χ0v) is 13.3. The van der Waals surface area contributed by atoms with Crippen molar-refractivity contribution in [2.45, 2.75) is 26.7 Å². The highest BCUT2D eigenvalue weighted by Gasteiger charge is 2.23. The largest absolute Gasteiger partial charge is 0.356 e. The van der Waals surface area contributed by atoms with E-state index in [0.29, 0.717) is 0 Å². The fourth-order valence-corrected chi connectivity index (χ4v) is 4.11. The second kappa shape index (κ2) is 5.66. The molecule has 0 saturated carbocycles. The van der Waals surface area contributed by atoms with Gasteiger partial charge in [0.15, 0.2) is 0 Å². The zero-order valence-electron chi connectivity index (χ0n) is 12.4. The maximum absolute atomic E-state index is 4.60. The van der Waals surface area contributed by atoms with Crippen LogP contribution in [0, 0.1) is 19.8 Å². The van der Waals surface area contributed by atoms with E-state index in [0.717, 1.165) is 36.2 Å². The minimum atomic E-state index is 0.721. The maximum atomic E-state index is 4.60. The van der Waals surface area contributed by atoms with Gasteiger partial charge in [-0.1, -0.05) is 0 Å². The minimum Gasteiger partial charge on any atom is -0.356 e. The SMILES string of the molecule is CNCC1CCCN(c2ncnc3sc(C)c(C)c23)C1. The molecule has 0 spiro atoms. The van der Waals surface area contributed by atoms with Crippen molar-refractivity contribution in [3.8, 4) is 0 Å². The molecule has 5 heteroatoms. The smallest absolute Gasteiger partial charge is 0.141 e. The number of aromatic nitrogens is 2. The van der Waals surface area contributed by atoms with Crippen LogP contribution in [0.1, 0.15) is 23.3 Å². The van der Waals surface area contributed by atoms with Crippen LogP contribution in [0.2, 0.25) is 0 Å². The summed E-state index contributed by atoms with van der Waals surface area (Å²) < 4.78 is 0. The summed E-state index contributed by atoms with van der Waals surface area (Å²) in [5.74, 6) is 1.86. The molecule has 1 N–H and O–H groups in total. The fourth-order valence-electron chi connectivity index (χ4n) is 3.12. The number of hydrogen-bond donors (Lipinski definition) is 1. The Morgan fingerprint density at radius 2 is 2.25 bits per heavy atom. The van der Waals surface area contributed by atoms with Crippen LogP contribution >= 0.6 is 11.3 Å². The molecule has 20 heavy (non-hydrogen) atoms. The molecule has 2 aromatic rings. The lowest BCUT2D eigenvalue weighted by Crippen LogP contribution is -2.39. The van der Waals surface area contributed by atoms with Crippen LogP contribution in [0.25, 0.3) is 10.2 Å². The third-order valence-corrected chi connectivity index (χ3v) is 5.37. The molecule has 3 rings (SSSR count). The van der Waals surface area contributed by atoms with Gasteiger partial charge in [0.1, 0.15) is 17.0 Å². The normalized spacial score (nSPS) is 19.8. The average molecular weight is 290 g/mol. The second-order valence-corrected chi connectivity index (χ2v) is 6.88. The molecule has 3 heterocycles. The molecule has 1 atom stereocenters. The molecular weight excluding hydrogens is 268 g/mol. The number of aryl methyl sites for hydroxylation is 2. The molecule has 0 aromatic carbocycles. The number of piperidine rings is 1. The first-order chi connectivity index (χ1) is 9.70. The van der Waals surface area contributed by atoms with Crippen LogP contribution in [0.5, 0.6) is 0 Å². The van der Waals surface area contributed by atoms with Crippen LogP contribution in [0.15, 0.2) is 6.33 Å². The molecule has 4 nitrogen and oxygen atoms in total. The van der Waals surface area contributed by atoms with Crippen molar-refractivity contribution in [1.29, 1.82) is 0 Å². The van der Waals surface area contributed by atoms with Crippen LogP contribution in [-0.2, 0) is 0 Å². The van der Waals surface area contributed by atoms with E-state index >= 15 is 0 Å². The highest BCUT2D eigenvalue weighted by atomic mass is 32.1. The summed E-state index contributed by atoms with van der Waals surface area (Å²) in [7, 11) is 2.04. The van der Waals surface area contributed by atoms with Gasteiger partial charge in [-0.2, -0.15) is 0 Å². The number of anilines is 1. The van der Waals surface area contributed by atoms with Crippen molar-refractivity contribution >= 4 is 27.4 Å². The van der Waals surface area contributed by atoms with Gasteiger partial charge in [0.05, 0.1) is 5.39 Å². The van der Waals surface area contributed by atoms with Crippen molar-refractivity contribution < 1.29 is 0 Å². The van der Waals surface area contributed by atoms with Gasteiger partial charge >= 0.3 is 0 Å². The van der Waals surface area contributed by atoms with Crippen molar-refractivity contribution in [3.05, 3.63) is 16.8 Å². The molecule has 1 saturated heterocycles. The topological polar surface area (TPSA) is 41.0 Å². The van der Waals surface area contributed by atoms with Crippen molar-refractivity contribution in [3.63, 3.8) is 0 Å². The van der Waals surface area contributed by atoms with Crippen molar-refractivity contribution in [2.24, 2.45) is 5.92 Å². The Bertz CT molecular complexity index is 605. The lowest BCUT2D eigenvalue weighted by Gasteiger charge is -2.33. The Morgan fingerprint density at radius 1 is 1.40 bits per heavy atom. The molecule has 2 aromatic heterocycles. The highest BCUT2D eigenvalue weighted by molar-refractivity contribution is 7.18. The number of nitrogens with zero attached hydrogens (tertiary/aromatic N) is 3. The molecule has 1 unspecified atom stereocenters. The van der Waals surface area contributed by atoms with Gasteiger partial charge in [-0.3, -0.25) is 0 Å². The van der Waals surface area contributed by atoms with Gasteiger partial charge in [-0.25, -0.2) is 9.97 Å². The number of thiophene rings is 1. The van der Waals surface area contributed by atoms with Crippen LogP contribution in [0.4, 0.5) is 5.82 Å². The lowest BCUT2D eigenvalue weighted by molar-refractivity contribution is 0.401. The monoisotopic (exact) mass is 290 g/mol. The number of hydrogen-bond acceptors (Lipinski definition) is 5. The molecule has 1 aliphatic rings. The van der Waals surface area contributed by atoms with E-state index in [1.807, 2.05) is 7.05 Å². The summed E-state index contributed by atoms with van der Waals surface area (Å²) >= 11 is 1.78. The fraction of sp³-hybridized carbons (Fsp3) is 0.600. The summed E-state index contributed by atoms with van der Waals surface area (Å²) in [6.45, 7) is 7.66. The average Bonchev–Trinajstić information content (AvgIpc) is 2.75. The lowest BCUT2D eigenvalue weighted by atomic mass is 9.98. The van der Waals surface area contributed by atoms with Gasteiger partial charge in [0.2, 0.25) is 0 Å². The van der Waals surface area contributed by atoms with Crippen molar-refractivity contribution in [1.82, 2.24) is 15.3 Å². The van der Waals surface area contributed by atoms with E-state index in [4.69, 9.17) is 0 Å². The molecular formula is C15H22N4S. The van der Waals surface area contributed by atoms with Gasteiger partial charge in [-0.05, 0) is 51.8 Å². The first-order valence-electron chi connectivity index (χ1n) is 7.31. The van der Waals surface area contributed by atoms with Gasteiger partial charge < -0.3 is 10.2 Å². The predicted molar refractivity (Wildman–Crippen MR) is 85.8 cm³/mol. The molecule has 0 aliphatic carbocycles. The van der Waals surface area contributed by atoms with Gasteiger partial charge in [0, 0.05) is 18.0 Å². The third-order valence-electron chi connectivity index (χ3n) is 4.26. The molecule has 108 valence electrons. The molecule has 0 radical (unpaired) electrons. The van der Waals surface area contributed by atoms with Gasteiger partial charge in [0.25, 0.3) is 0 Å². The van der Waals surface area contributed by atoms with Crippen molar-refractivity contribution in [2.75, 3.05) is 31.6 Å². The Kier molecular flexibility index (Phi) is 3.89. The maximum Gasteiger partial charge on any atom is 0.141 e.